The van der Waals surface area contributed by atoms with E-state index in [9.17, 15) is 41.0 Å². The molecule has 11 heteroatoms. The number of carbonyl (C=O) groups excluding carboxylic acids is 2. The molecule has 1 aromatic rings. The predicted molar refractivity (Wildman–Crippen MR) is 75.5 cm³/mol. The minimum Gasteiger partial charge on any atom is -0.550 e. The number of amides is 1. The van der Waals surface area contributed by atoms with Gasteiger partial charge in [0.2, 0.25) is 5.91 Å². The smallest absolute Gasteiger partial charge is 0.550 e. The average molecular weight is 405 g/mol. The summed E-state index contributed by atoms with van der Waals surface area (Å²) in [6, 6.07) is 0.834. The third kappa shape index (κ3) is 6.39. The molecule has 0 atom stereocenters. The minimum absolute atomic E-state index is 0. The molecule has 1 fully saturated rings. The number of rotatable bonds is 3. The molecule has 1 amide bonds. The van der Waals surface area contributed by atoms with Crippen LogP contribution in [0.2, 0.25) is 0 Å². The Morgan fingerprint density at radius 1 is 0.852 bits per heavy atom. The zero-order valence-corrected chi connectivity index (χ0v) is 16.2. The summed E-state index contributed by atoms with van der Waals surface area (Å²) in [5, 5.41) is 12.8. The largest absolute Gasteiger partial charge is 1.00 e. The molecule has 27 heavy (non-hydrogen) atoms. The van der Waals surface area contributed by atoms with Crippen molar-refractivity contribution >= 4 is 17.6 Å². The SMILES string of the molecule is O=C([O-])[C@H]1CC[C@@H](C(=O)Nc2cc(C(F)(F)F)cc(C(F)(F)F)c2)CC1.[Na+]. The van der Waals surface area contributed by atoms with Crippen LogP contribution < -0.4 is 40.0 Å². The van der Waals surface area contributed by atoms with Gasteiger partial charge >= 0.3 is 41.9 Å². The maximum atomic E-state index is 12.8. The summed E-state index contributed by atoms with van der Waals surface area (Å²) in [5.74, 6) is -3.37. The number of aliphatic carboxylic acids is 1. The van der Waals surface area contributed by atoms with Gasteiger partial charge in [0.1, 0.15) is 0 Å². The molecule has 0 spiro atoms. The van der Waals surface area contributed by atoms with Crippen molar-refractivity contribution in [3.05, 3.63) is 29.3 Å². The van der Waals surface area contributed by atoms with Crippen LogP contribution in [0.5, 0.6) is 0 Å². The van der Waals surface area contributed by atoms with Gasteiger partial charge in [0, 0.05) is 17.6 Å². The fourth-order valence-electron chi connectivity index (χ4n) is 2.86. The zero-order valence-electron chi connectivity index (χ0n) is 14.2. The van der Waals surface area contributed by atoms with E-state index in [1.54, 1.807) is 0 Å². The number of nitrogens with one attached hydrogen (secondary N) is 1. The summed E-state index contributed by atoms with van der Waals surface area (Å²) in [7, 11) is 0. The number of carboxylic acid groups (broad SMARTS) is 1. The summed E-state index contributed by atoms with van der Waals surface area (Å²) in [4.78, 5) is 22.9. The van der Waals surface area contributed by atoms with Gasteiger partial charge in [0.15, 0.2) is 0 Å². The van der Waals surface area contributed by atoms with Gasteiger partial charge in [-0.05, 0) is 49.8 Å². The summed E-state index contributed by atoms with van der Waals surface area (Å²) >= 11 is 0. The molecule has 0 radical (unpaired) electrons. The van der Waals surface area contributed by atoms with Crippen molar-refractivity contribution in [2.75, 3.05) is 5.32 Å². The Bertz CT molecular complexity index is 664. The second kappa shape index (κ2) is 8.83. The number of halogens is 6. The number of carbonyl (C=O) groups is 2. The number of benzene rings is 1. The molecule has 144 valence electrons. The van der Waals surface area contributed by atoms with Crippen LogP contribution in [0.1, 0.15) is 36.8 Å². The quantitative estimate of drug-likeness (QED) is 0.578. The Kier molecular flexibility index (Phi) is 7.78. The zero-order chi connectivity index (χ0) is 19.7. The normalized spacial score (nSPS) is 20.5. The Labute approximate surface area is 172 Å². The Balaban J connectivity index is 0.00000364. The van der Waals surface area contributed by atoms with Gasteiger partial charge in [0.25, 0.3) is 0 Å². The van der Waals surface area contributed by atoms with Crippen LogP contribution >= 0.6 is 0 Å². The van der Waals surface area contributed by atoms with E-state index in [1.165, 1.54) is 0 Å². The molecule has 0 heterocycles. The van der Waals surface area contributed by atoms with E-state index in [0.717, 1.165) is 0 Å². The first kappa shape index (κ1) is 23.8. The van der Waals surface area contributed by atoms with Crippen LogP contribution in [0.15, 0.2) is 18.2 Å². The molecule has 1 aliphatic rings. The van der Waals surface area contributed by atoms with Crippen molar-refractivity contribution in [3.8, 4) is 0 Å². The second-order valence-electron chi connectivity index (χ2n) is 6.15. The summed E-state index contributed by atoms with van der Waals surface area (Å²) in [5.41, 5.74) is -3.66. The van der Waals surface area contributed by atoms with E-state index >= 15 is 0 Å². The number of hydrogen-bond donors (Lipinski definition) is 1. The molecular formula is C16H14F6NNaO3. The monoisotopic (exact) mass is 405 g/mol. The molecule has 1 N–H and O–H groups in total. The van der Waals surface area contributed by atoms with Crippen LogP contribution in [-0.4, -0.2) is 11.9 Å². The fraction of sp³-hybridized carbons (Fsp3) is 0.500. The number of alkyl halides is 6. The fourth-order valence-corrected chi connectivity index (χ4v) is 2.86. The maximum Gasteiger partial charge on any atom is 1.00 e. The van der Waals surface area contributed by atoms with E-state index in [1.807, 2.05) is 0 Å². The summed E-state index contributed by atoms with van der Waals surface area (Å²) < 4.78 is 76.8. The first-order valence-corrected chi connectivity index (χ1v) is 7.69. The van der Waals surface area contributed by atoms with Gasteiger partial charge in [-0.15, -0.1) is 0 Å². The summed E-state index contributed by atoms with van der Waals surface area (Å²) in [6.07, 6.45) is -9.36. The molecule has 0 aromatic heterocycles. The van der Waals surface area contributed by atoms with E-state index in [2.05, 4.69) is 5.32 Å². The average Bonchev–Trinajstić information content (AvgIpc) is 2.53. The maximum absolute atomic E-state index is 12.8. The van der Waals surface area contributed by atoms with Crippen molar-refractivity contribution in [2.24, 2.45) is 11.8 Å². The van der Waals surface area contributed by atoms with Gasteiger partial charge < -0.3 is 15.2 Å². The van der Waals surface area contributed by atoms with Crippen LogP contribution in [0.4, 0.5) is 32.0 Å². The van der Waals surface area contributed by atoms with Crippen molar-refractivity contribution in [2.45, 2.75) is 38.0 Å². The van der Waals surface area contributed by atoms with Gasteiger partial charge in [0.05, 0.1) is 11.1 Å². The van der Waals surface area contributed by atoms with Crippen LogP contribution in [-0.2, 0) is 21.9 Å². The van der Waals surface area contributed by atoms with Crippen molar-refractivity contribution in [1.29, 1.82) is 0 Å². The molecule has 4 nitrogen and oxygen atoms in total. The Morgan fingerprint density at radius 2 is 1.26 bits per heavy atom. The molecule has 0 aliphatic heterocycles. The molecule has 1 aliphatic carbocycles. The molecular weight excluding hydrogens is 391 g/mol. The van der Waals surface area contributed by atoms with Crippen LogP contribution in [0.3, 0.4) is 0 Å². The number of hydrogen-bond acceptors (Lipinski definition) is 3. The molecule has 0 unspecified atom stereocenters. The summed E-state index contributed by atoms with van der Waals surface area (Å²) in [6.45, 7) is 0. The van der Waals surface area contributed by atoms with Crippen molar-refractivity contribution in [3.63, 3.8) is 0 Å². The number of carboxylic acids is 1. The van der Waals surface area contributed by atoms with E-state index in [0.29, 0.717) is 12.1 Å². The van der Waals surface area contributed by atoms with E-state index < -0.39 is 52.9 Å². The Hall–Kier alpha value is -1.26. The van der Waals surface area contributed by atoms with Crippen LogP contribution in [0.25, 0.3) is 0 Å². The van der Waals surface area contributed by atoms with E-state index in [-0.39, 0.29) is 61.3 Å². The van der Waals surface area contributed by atoms with Gasteiger partial charge in [-0.2, -0.15) is 26.3 Å². The molecule has 0 bridgehead atoms. The van der Waals surface area contributed by atoms with Crippen molar-refractivity contribution < 1.29 is 70.6 Å². The first-order chi connectivity index (χ1) is 11.9. The third-order valence-corrected chi connectivity index (χ3v) is 4.29. The van der Waals surface area contributed by atoms with Crippen LogP contribution in [0, 0.1) is 11.8 Å². The number of anilines is 1. The topological polar surface area (TPSA) is 69.2 Å². The Morgan fingerprint density at radius 3 is 1.63 bits per heavy atom. The van der Waals surface area contributed by atoms with Gasteiger partial charge in [-0.3, -0.25) is 4.79 Å². The van der Waals surface area contributed by atoms with Gasteiger partial charge in [-0.1, -0.05) is 0 Å². The predicted octanol–water partition coefficient (Wildman–Crippen LogP) is 0.223. The second-order valence-corrected chi connectivity index (χ2v) is 6.15. The third-order valence-electron chi connectivity index (χ3n) is 4.29. The van der Waals surface area contributed by atoms with E-state index in [4.69, 9.17) is 0 Å². The minimum atomic E-state index is -5.01. The first-order valence-electron chi connectivity index (χ1n) is 7.69. The molecule has 0 saturated heterocycles. The van der Waals surface area contributed by atoms with Gasteiger partial charge in [-0.25, -0.2) is 0 Å². The standard InChI is InChI=1S/C16H15F6NO3.Na/c17-15(18,19)10-5-11(16(20,21)22)7-12(6-10)23-13(24)8-1-3-9(4-2-8)14(25)26;/h5-9H,1-4H2,(H,23,24)(H,25,26);/q;+1/p-1/t8-,9+;. The van der Waals surface area contributed by atoms with Crippen molar-refractivity contribution in [1.82, 2.24) is 0 Å². The molecule has 1 aromatic carbocycles. The molecule has 2 rings (SSSR count). The molecule has 1 saturated carbocycles.